The normalized spacial score (nSPS) is 17.7. The molecule has 9 aromatic heterocycles. The van der Waals surface area contributed by atoms with Gasteiger partial charge in [-0.1, -0.05) is 114 Å². The van der Waals surface area contributed by atoms with E-state index in [0.717, 1.165) is 62.9 Å². The highest BCUT2D eigenvalue weighted by atomic mass is 35.5. The molecule has 0 bridgehead atoms. The van der Waals surface area contributed by atoms with Crippen molar-refractivity contribution < 1.29 is 27.6 Å². The number of fused-ring (bicyclic) bond motifs is 18. The summed E-state index contributed by atoms with van der Waals surface area (Å²) in [6, 6.07) is 21.4. The highest BCUT2D eigenvalue weighted by Crippen LogP contribution is 2.53. The van der Waals surface area contributed by atoms with Gasteiger partial charge in [0.05, 0.1) is 153 Å². The highest BCUT2D eigenvalue weighted by Gasteiger charge is 2.47. The van der Waals surface area contributed by atoms with Gasteiger partial charge in [0.15, 0.2) is 17.5 Å². The molecule has 3 fully saturated rings. The first-order valence-corrected chi connectivity index (χ1v) is 50.4. The monoisotopic (exact) mass is 2020 g/mol. The lowest BCUT2D eigenvalue weighted by Gasteiger charge is -2.52. The van der Waals surface area contributed by atoms with Crippen molar-refractivity contribution in [2.24, 2.45) is 0 Å². The van der Waals surface area contributed by atoms with Gasteiger partial charge in [0.2, 0.25) is 17.7 Å². The number of aromatic nitrogens is 12. The van der Waals surface area contributed by atoms with E-state index >= 15 is 22.8 Å². The summed E-state index contributed by atoms with van der Waals surface area (Å²) in [6.45, 7) is 46.1. The average molecular weight is 2020 g/mol. The molecule has 21 rings (SSSR count). The van der Waals surface area contributed by atoms with E-state index in [-0.39, 0.29) is 137 Å². The van der Waals surface area contributed by atoms with Gasteiger partial charge in [-0.05, 0) is 213 Å². The fourth-order valence-electron chi connectivity index (χ4n) is 22.9. The van der Waals surface area contributed by atoms with Gasteiger partial charge in [-0.2, -0.15) is 0 Å². The molecule has 15 heterocycles. The fourth-order valence-corrected chi connectivity index (χ4v) is 23.8. The van der Waals surface area contributed by atoms with Gasteiger partial charge in [0.25, 0.3) is 16.7 Å². The molecule has 4 N–H and O–H groups in total. The SMILES string of the molecule is C=CC(=O)N1CC2CN(C)c3c(c4cc(Cl)c(-c5c(C)ccc6[nH]cnc56)c(F)c4n(-c4c(C)ccnc4C(C)C)c3=O)N2CC1C.C=CC(=O)N1CC2CN(CCCN(C)C)c3c(c4cc(Cl)c(-c5c(C)ccc6[nH]cnc56)c(F)c4n(-c4c(C)ccnc4C(C)C)c3=O)N2CC1C.C=CC(=O)N1CC2CNc3c(c4cc(Cl)c(-c5c(C)ccc6[nH]cnc56)c(F)c4n(-c4c(C)ccnc4C(C)C)c3=O)N2CC1C. The molecule has 0 radical (unpaired) electrons. The van der Waals surface area contributed by atoms with Gasteiger partial charge in [0.1, 0.15) is 17.1 Å². The van der Waals surface area contributed by atoms with Crippen LogP contribution in [0.5, 0.6) is 0 Å². The summed E-state index contributed by atoms with van der Waals surface area (Å²) in [4.78, 5) is 139. The molecule has 145 heavy (non-hydrogen) atoms. The first kappa shape index (κ1) is 99.6. The van der Waals surface area contributed by atoms with Crippen LogP contribution in [0.4, 0.5) is 47.3 Å². The highest BCUT2D eigenvalue weighted by molar-refractivity contribution is 6.37. The number of aromatic amines is 3. The molecule has 34 heteroatoms. The molecular formula is C111H118Cl3F3N22O6. The molecule has 6 atom stereocenters. The van der Waals surface area contributed by atoms with Crippen LogP contribution in [-0.4, -0.2) is 225 Å². The number of halogens is 6. The Labute approximate surface area is 852 Å². The Kier molecular flexibility index (Phi) is 26.6. The van der Waals surface area contributed by atoms with Crippen molar-refractivity contribution in [3.05, 3.63) is 262 Å². The van der Waals surface area contributed by atoms with Gasteiger partial charge in [-0.15, -0.1) is 0 Å². The minimum absolute atomic E-state index is 0.0450. The van der Waals surface area contributed by atoms with Crippen molar-refractivity contribution in [1.29, 1.82) is 0 Å². The first-order chi connectivity index (χ1) is 69.3. The Bertz CT molecular complexity index is 8120. The van der Waals surface area contributed by atoms with Crippen LogP contribution in [0.3, 0.4) is 0 Å². The molecule has 6 aromatic carbocycles. The van der Waals surface area contributed by atoms with Gasteiger partial charge in [0, 0.05) is 159 Å². The number of likely N-dealkylation sites (N-methyl/N-ethyl adjacent to an activating group) is 1. The number of piperazine rings is 3. The third kappa shape index (κ3) is 16.6. The van der Waals surface area contributed by atoms with E-state index in [2.05, 4.69) is 89.4 Å². The number of H-pyrrole nitrogens is 3. The Balaban J connectivity index is 0.000000138. The third-order valence-corrected chi connectivity index (χ3v) is 30.7. The second-order valence-electron chi connectivity index (χ2n) is 40.5. The standard InChI is InChI=1S/C40H46ClFN8O2.C36H37ClFN7O2.C35H35ClFN7O2/c1-9-30(51)48-20-26-19-47(16-10-15-46(7)8)39-38(49(26)18-25(48)6)27-17-28(41)32(31-23(4)11-12-29-35(31)45-21-44-29)33(42)37(27)50(40(39)52)36-24(5)13-14-43-34(36)22(2)3;1-8-26(46)43-16-22-15-42(7)35-34(44(22)14-21(43)6)23-13-24(37)28(27-19(4)9-10-25-31(27)41-17-40-25)29(38)33(23)45(36(35)47)32-20(5)11-12-39-30(32)18(2)3;1-7-25(45)42-15-21-13-39-31-34(43(21)14-20(42)6)22-12-23(36)27(26-18(4)8-9-24-30(26)41-16-40-24)28(37)33(22)44(35(31)46)32-19(5)10-11-38-29(32)17(2)3/h9,11-14,17,21-22,25-26H,1,10,15-16,18-20H2,2-8H3,(H,44,45);8-13,17-18,21-22H,1,14-16H2,2-7H3,(H,40,41);7-12,16-17,20-21,39H,1,13-15H2,2-6H3,(H,40,41). The number of benzene rings is 6. The second kappa shape index (κ2) is 38.8. The summed E-state index contributed by atoms with van der Waals surface area (Å²) < 4.78 is 58.1. The number of nitrogens with one attached hydrogen (secondary N) is 4. The van der Waals surface area contributed by atoms with Crippen molar-refractivity contribution in [3.63, 3.8) is 0 Å². The molecule has 15 aromatic rings. The zero-order valence-corrected chi connectivity index (χ0v) is 87.0. The lowest BCUT2D eigenvalue weighted by atomic mass is 9.93. The second-order valence-corrected chi connectivity index (χ2v) is 41.7. The van der Waals surface area contributed by atoms with Gasteiger partial charge in [-0.25, -0.2) is 28.1 Å². The lowest BCUT2D eigenvalue weighted by molar-refractivity contribution is -0.129. The molecule has 750 valence electrons. The number of rotatable bonds is 16. The van der Waals surface area contributed by atoms with Crippen LogP contribution in [0.2, 0.25) is 15.1 Å². The number of hydrogen-bond donors (Lipinski definition) is 4. The Morgan fingerprint density at radius 1 is 0.428 bits per heavy atom. The fraction of sp³-hybridized carbons (Fsp3) is 0.351. The smallest absolute Gasteiger partial charge is 0.281 e. The maximum atomic E-state index is 18.1. The topological polar surface area (TPSA) is 283 Å². The minimum atomic E-state index is -0.616. The van der Waals surface area contributed by atoms with Crippen LogP contribution in [0.25, 0.3) is 116 Å². The Morgan fingerprint density at radius 3 is 1.13 bits per heavy atom. The number of carbonyl (C=O) groups is 3. The summed E-state index contributed by atoms with van der Waals surface area (Å²) >= 11 is 21.4. The van der Waals surface area contributed by atoms with Crippen molar-refractivity contribution in [1.82, 2.24) is 78.2 Å². The lowest BCUT2D eigenvalue weighted by Crippen LogP contribution is -2.64. The van der Waals surface area contributed by atoms with Crippen LogP contribution in [-0.2, 0) is 14.4 Å². The summed E-state index contributed by atoms with van der Waals surface area (Å²) in [5, 5.41) is 5.56. The van der Waals surface area contributed by atoms with Crippen LogP contribution < -0.4 is 46.5 Å². The van der Waals surface area contributed by atoms with Gasteiger partial charge in [-0.3, -0.25) is 57.4 Å². The molecule has 6 aliphatic rings. The predicted molar refractivity (Wildman–Crippen MR) is 578 cm³/mol. The van der Waals surface area contributed by atoms with E-state index in [1.54, 1.807) is 59.2 Å². The Hall–Kier alpha value is -14.1. The van der Waals surface area contributed by atoms with Crippen molar-refractivity contribution in [3.8, 4) is 50.4 Å². The van der Waals surface area contributed by atoms with E-state index in [9.17, 15) is 19.2 Å². The summed E-state index contributed by atoms with van der Waals surface area (Å²) in [5.41, 5.74) is 17.4. The summed E-state index contributed by atoms with van der Waals surface area (Å²) in [6.07, 6.45) is 14.7. The van der Waals surface area contributed by atoms with Crippen LogP contribution in [0.1, 0.15) is 137 Å². The first-order valence-electron chi connectivity index (χ1n) is 49.2. The zero-order chi connectivity index (χ0) is 103. The molecule has 0 aliphatic carbocycles. The maximum absolute atomic E-state index is 18.1. The van der Waals surface area contributed by atoms with E-state index in [4.69, 9.17) is 39.8 Å². The minimum Gasteiger partial charge on any atom is -0.377 e. The van der Waals surface area contributed by atoms with Crippen LogP contribution in [0, 0.1) is 59.0 Å². The largest absolute Gasteiger partial charge is 0.377 e. The van der Waals surface area contributed by atoms with Crippen LogP contribution >= 0.6 is 34.8 Å². The van der Waals surface area contributed by atoms with Crippen molar-refractivity contribution >= 4 is 152 Å². The number of nitrogens with zero attached hydrogens (tertiary/aromatic N) is 18. The molecule has 6 unspecified atom stereocenters. The Morgan fingerprint density at radius 2 is 0.766 bits per heavy atom. The molecule has 6 aliphatic heterocycles. The summed E-state index contributed by atoms with van der Waals surface area (Å²) in [5.74, 6) is -2.39. The molecular weight excluding hydrogens is 1900 g/mol. The molecule has 3 saturated heterocycles. The quantitative estimate of drug-likeness (QED) is 0.0654. The van der Waals surface area contributed by atoms with Crippen LogP contribution in [0.15, 0.2) is 163 Å². The van der Waals surface area contributed by atoms with Crippen molar-refractivity contribution in [2.45, 2.75) is 164 Å². The number of hydrogen-bond acceptors (Lipinski definition) is 19. The molecule has 28 nitrogen and oxygen atoms in total. The third-order valence-electron chi connectivity index (χ3n) is 29.8. The van der Waals surface area contributed by atoms with Gasteiger partial charge >= 0.3 is 0 Å². The number of carbonyl (C=O) groups excluding carboxylic acids is 3. The van der Waals surface area contributed by atoms with E-state index in [1.807, 2.05) is 200 Å². The summed E-state index contributed by atoms with van der Waals surface area (Å²) in [7, 11) is 5.93. The zero-order valence-electron chi connectivity index (χ0n) is 84.7. The molecule has 0 saturated carbocycles. The van der Waals surface area contributed by atoms with E-state index in [1.165, 1.54) is 27.4 Å². The van der Waals surface area contributed by atoms with Gasteiger partial charge < -0.3 is 64.4 Å². The van der Waals surface area contributed by atoms with E-state index in [0.29, 0.717) is 183 Å². The maximum Gasteiger partial charge on any atom is 0.281 e. The predicted octanol–water partition coefficient (Wildman–Crippen LogP) is 19.8. The number of amides is 3. The number of imidazole rings is 3. The number of aryl methyl sites for hydroxylation is 6. The molecule has 0 spiro atoms. The van der Waals surface area contributed by atoms with E-state index < -0.39 is 17.5 Å². The number of pyridine rings is 6. The average Bonchev–Trinajstić information content (AvgIpc) is 1.34. The van der Waals surface area contributed by atoms with Crippen molar-refractivity contribution in [2.75, 3.05) is 123 Å². The number of anilines is 6. The molecule has 3 amide bonds.